The zero-order valence-electron chi connectivity index (χ0n) is 13.3. The van der Waals surface area contributed by atoms with E-state index in [0.717, 1.165) is 5.56 Å². The summed E-state index contributed by atoms with van der Waals surface area (Å²) >= 11 is 7.49. The lowest BCUT2D eigenvalue weighted by molar-refractivity contribution is -0.131. The van der Waals surface area contributed by atoms with Gasteiger partial charge < -0.3 is 10.1 Å². The van der Waals surface area contributed by atoms with E-state index in [1.54, 1.807) is 12.1 Å². The van der Waals surface area contributed by atoms with Crippen molar-refractivity contribution in [1.29, 1.82) is 0 Å². The summed E-state index contributed by atoms with van der Waals surface area (Å²) in [6.45, 7) is 0.474. The largest absolute Gasteiger partial charge is 0.367 e. The quantitative estimate of drug-likeness (QED) is 0.710. The Labute approximate surface area is 150 Å². The van der Waals surface area contributed by atoms with Gasteiger partial charge in [0.05, 0.1) is 0 Å². The first-order chi connectivity index (χ1) is 11.6. The Morgan fingerprint density at radius 1 is 1.25 bits per heavy atom. The van der Waals surface area contributed by atoms with Crippen LogP contribution in [0.25, 0.3) is 0 Å². The second kappa shape index (κ2) is 9.67. The number of methoxy groups -OCH3 is 1. The molecule has 2 rings (SSSR count). The van der Waals surface area contributed by atoms with Gasteiger partial charge in [0.25, 0.3) is 5.91 Å². The van der Waals surface area contributed by atoms with Crippen molar-refractivity contribution in [2.75, 3.05) is 19.4 Å². The molecule has 0 fully saturated rings. The van der Waals surface area contributed by atoms with Crippen LogP contribution in [0.4, 0.5) is 4.39 Å². The molecule has 3 nitrogen and oxygen atoms in total. The summed E-state index contributed by atoms with van der Waals surface area (Å²) in [4.78, 5) is 12.2. The van der Waals surface area contributed by atoms with E-state index in [1.807, 2.05) is 30.3 Å². The molecular formula is C18H19ClFNO2S. The van der Waals surface area contributed by atoms with Crippen LogP contribution in [0.15, 0.2) is 48.5 Å². The fourth-order valence-corrected chi connectivity index (χ4v) is 3.40. The van der Waals surface area contributed by atoms with Gasteiger partial charge >= 0.3 is 0 Å². The third-order valence-corrected chi connectivity index (χ3v) is 4.77. The van der Waals surface area contributed by atoms with Gasteiger partial charge in [0, 0.05) is 35.7 Å². The summed E-state index contributed by atoms with van der Waals surface area (Å²) < 4.78 is 18.9. The number of ether oxygens (including phenoxy) is 1. The molecule has 0 saturated carbocycles. The number of nitrogens with one attached hydrogen (secondary N) is 1. The van der Waals surface area contributed by atoms with Crippen LogP contribution >= 0.6 is 23.4 Å². The van der Waals surface area contributed by atoms with Gasteiger partial charge in [-0.25, -0.2) is 4.39 Å². The minimum absolute atomic E-state index is 0.187. The van der Waals surface area contributed by atoms with Gasteiger partial charge in [-0.15, -0.1) is 0 Å². The predicted molar refractivity (Wildman–Crippen MR) is 96.8 cm³/mol. The molecule has 1 atom stereocenters. The molecular weight excluding hydrogens is 349 g/mol. The average Bonchev–Trinajstić information content (AvgIpc) is 2.58. The number of hydrogen-bond donors (Lipinski definition) is 1. The van der Waals surface area contributed by atoms with Crippen LogP contribution < -0.4 is 5.32 Å². The molecule has 1 amide bonds. The van der Waals surface area contributed by atoms with Gasteiger partial charge in [-0.2, -0.15) is 11.8 Å². The molecule has 2 aromatic rings. The van der Waals surface area contributed by atoms with Crippen molar-refractivity contribution in [3.63, 3.8) is 0 Å². The van der Waals surface area contributed by atoms with Crippen molar-refractivity contribution in [1.82, 2.24) is 5.32 Å². The van der Waals surface area contributed by atoms with Crippen LogP contribution in [-0.2, 0) is 15.3 Å². The van der Waals surface area contributed by atoms with E-state index in [1.165, 1.54) is 24.9 Å². The fraction of sp³-hybridized carbons (Fsp3) is 0.278. The van der Waals surface area contributed by atoms with Crippen LogP contribution in [0.2, 0.25) is 5.02 Å². The summed E-state index contributed by atoms with van der Waals surface area (Å²) in [5.74, 6) is 0.630. The van der Waals surface area contributed by atoms with Gasteiger partial charge in [0.2, 0.25) is 0 Å². The second-order valence-corrected chi connectivity index (χ2v) is 6.58. The molecule has 0 radical (unpaired) electrons. The number of thioether (sulfide) groups is 1. The van der Waals surface area contributed by atoms with Gasteiger partial charge in [-0.3, -0.25) is 4.79 Å². The maximum atomic E-state index is 13.6. The Morgan fingerprint density at radius 2 is 2.00 bits per heavy atom. The second-order valence-electron chi connectivity index (χ2n) is 5.07. The summed E-state index contributed by atoms with van der Waals surface area (Å²) in [7, 11) is 1.51. The molecule has 1 N–H and O–H groups in total. The first-order valence-corrected chi connectivity index (χ1v) is 9.03. The lowest BCUT2D eigenvalue weighted by Crippen LogP contribution is -2.32. The van der Waals surface area contributed by atoms with Crippen LogP contribution in [0.5, 0.6) is 0 Å². The number of benzene rings is 2. The highest BCUT2D eigenvalue weighted by Gasteiger charge is 2.19. The topological polar surface area (TPSA) is 38.3 Å². The minimum atomic E-state index is -0.628. The zero-order valence-corrected chi connectivity index (χ0v) is 14.9. The number of rotatable bonds is 8. The molecule has 0 aromatic heterocycles. The molecule has 128 valence electrons. The van der Waals surface area contributed by atoms with E-state index < -0.39 is 6.10 Å². The van der Waals surface area contributed by atoms with Gasteiger partial charge in [-0.05, 0) is 17.7 Å². The van der Waals surface area contributed by atoms with Crippen LogP contribution in [-0.4, -0.2) is 25.3 Å². The van der Waals surface area contributed by atoms with E-state index in [2.05, 4.69) is 5.32 Å². The van der Waals surface area contributed by atoms with E-state index in [9.17, 15) is 9.18 Å². The number of amides is 1. The highest BCUT2D eigenvalue weighted by atomic mass is 35.5. The van der Waals surface area contributed by atoms with Crippen molar-refractivity contribution in [2.45, 2.75) is 11.9 Å². The van der Waals surface area contributed by atoms with E-state index >= 15 is 0 Å². The molecule has 0 bridgehead atoms. The summed E-state index contributed by atoms with van der Waals surface area (Å²) in [6.07, 6.45) is -0.628. The fourth-order valence-electron chi connectivity index (χ4n) is 2.21. The highest BCUT2D eigenvalue weighted by molar-refractivity contribution is 7.98. The number of halogens is 2. The summed E-state index contributed by atoms with van der Waals surface area (Å²) in [6, 6.07) is 14.0. The summed E-state index contributed by atoms with van der Waals surface area (Å²) in [5.41, 5.74) is 1.30. The Kier molecular flexibility index (Phi) is 7.56. The Balaban J connectivity index is 1.76. The van der Waals surface area contributed by atoms with Crippen LogP contribution in [0, 0.1) is 5.82 Å². The van der Waals surface area contributed by atoms with Crippen molar-refractivity contribution < 1.29 is 13.9 Å². The van der Waals surface area contributed by atoms with Crippen molar-refractivity contribution in [3.8, 4) is 0 Å². The van der Waals surface area contributed by atoms with Crippen molar-refractivity contribution in [2.24, 2.45) is 0 Å². The van der Waals surface area contributed by atoms with Gasteiger partial charge in [-0.1, -0.05) is 48.0 Å². The van der Waals surface area contributed by atoms with Gasteiger partial charge in [0.1, 0.15) is 5.82 Å². The molecule has 0 saturated heterocycles. The zero-order chi connectivity index (χ0) is 17.4. The molecule has 24 heavy (non-hydrogen) atoms. The average molecular weight is 368 g/mol. The predicted octanol–water partition coefficient (Wildman–Crippen LogP) is 4.22. The molecule has 6 heteroatoms. The molecule has 0 aliphatic heterocycles. The van der Waals surface area contributed by atoms with E-state index in [4.69, 9.17) is 16.3 Å². The Hall–Kier alpha value is -1.56. The van der Waals surface area contributed by atoms with Crippen molar-refractivity contribution >= 4 is 29.3 Å². The van der Waals surface area contributed by atoms with Crippen LogP contribution in [0.3, 0.4) is 0 Å². The Morgan fingerprint density at radius 3 is 2.67 bits per heavy atom. The Bertz CT molecular complexity index is 649. The normalized spacial score (nSPS) is 12.0. The van der Waals surface area contributed by atoms with E-state index in [0.29, 0.717) is 28.6 Å². The maximum absolute atomic E-state index is 13.6. The smallest absolute Gasteiger partial charge is 0.253 e. The molecule has 0 heterocycles. The van der Waals surface area contributed by atoms with Crippen LogP contribution in [0.1, 0.15) is 17.2 Å². The lowest BCUT2D eigenvalue weighted by Gasteiger charge is -2.15. The third kappa shape index (κ3) is 5.23. The number of carbonyl (C=O) groups excluding carboxylic acids is 1. The van der Waals surface area contributed by atoms with Crippen molar-refractivity contribution in [3.05, 3.63) is 70.5 Å². The summed E-state index contributed by atoms with van der Waals surface area (Å²) in [5, 5.41) is 3.26. The third-order valence-electron chi connectivity index (χ3n) is 3.43. The van der Waals surface area contributed by atoms with E-state index in [-0.39, 0.29) is 11.7 Å². The molecule has 0 aliphatic rings. The maximum Gasteiger partial charge on any atom is 0.253 e. The molecule has 0 unspecified atom stereocenters. The first-order valence-electron chi connectivity index (χ1n) is 7.49. The SMILES string of the molecule is CO[C@@H](C(=O)NCCSCc1c(F)cccc1Cl)c1ccccc1. The number of carbonyl (C=O) groups is 1. The molecule has 0 spiro atoms. The molecule has 0 aliphatic carbocycles. The molecule has 2 aromatic carbocycles. The lowest BCUT2D eigenvalue weighted by atomic mass is 10.1. The monoisotopic (exact) mass is 367 g/mol. The first kappa shape index (κ1) is 18.8. The number of hydrogen-bond acceptors (Lipinski definition) is 3. The minimum Gasteiger partial charge on any atom is -0.367 e. The van der Waals surface area contributed by atoms with Gasteiger partial charge in [0.15, 0.2) is 6.10 Å². The highest BCUT2D eigenvalue weighted by Crippen LogP contribution is 2.23. The standard InChI is InChI=1S/C18H19ClFNO2S/c1-23-17(13-6-3-2-4-7-13)18(22)21-10-11-24-12-14-15(19)8-5-9-16(14)20/h2-9,17H,10-12H2,1H3,(H,21,22)/t17-/m1/s1.